The molecule has 0 unspecified atom stereocenters. The minimum atomic E-state index is -0.201. The second-order valence-electron chi connectivity index (χ2n) is 7.23. The summed E-state index contributed by atoms with van der Waals surface area (Å²) >= 11 is 0. The summed E-state index contributed by atoms with van der Waals surface area (Å²) in [6.45, 7) is 1.56. The minimum absolute atomic E-state index is 0.00396. The Morgan fingerprint density at radius 2 is 1.36 bits per heavy atom. The van der Waals surface area contributed by atoms with Crippen LogP contribution in [0.2, 0.25) is 0 Å². The topological polar surface area (TPSA) is 49.4 Å². The van der Waals surface area contributed by atoms with Crippen LogP contribution >= 0.6 is 0 Å². The van der Waals surface area contributed by atoms with Gasteiger partial charge in [-0.05, 0) is 41.8 Å². The van der Waals surface area contributed by atoms with Gasteiger partial charge in [0.05, 0.1) is 11.3 Å². The van der Waals surface area contributed by atoms with E-state index in [-0.39, 0.29) is 11.8 Å². The van der Waals surface area contributed by atoms with Crippen LogP contribution in [0.15, 0.2) is 66.7 Å². The molecule has 4 nitrogen and oxygen atoms in total. The largest absolute Gasteiger partial charge is 0.339 e. The predicted octanol–water partition coefficient (Wildman–Crippen LogP) is 5.11. The Kier molecular flexibility index (Phi) is 5.38. The number of nitrogens with one attached hydrogen (secondary N) is 1. The summed E-state index contributed by atoms with van der Waals surface area (Å²) in [6.07, 6.45) is 4.42. The first kappa shape index (κ1) is 18.2. The van der Waals surface area contributed by atoms with Gasteiger partial charge in [-0.25, -0.2) is 0 Å². The predicted molar refractivity (Wildman–Crippen MR) is 113 cm³/mol. The fourth-order valence-corrected chi connectivity index (χ4v) is 3.84. The van der Waals surface area contributed by atoms with Crippen LogP contribution in [-0.4, -0.2) is 29.8 Å². The van der Waals surface area contributed by atoms with Crippen molar-refractivity contribution in [2.45, 2.75) is 25.7 Å². The highest BCUT2D eigenvalue weighted by atomic mass is 16.2. The third-order valence-corrected chi connectivity index (χ3v) is 5.33. The molecule has 4 rings (SSSR count). The van der Waals surface area contributed by atoms with E-state index in [1.807, 2.05) is 59.5 Å². The number of amides is 2. The zero-order chi connectivity index (χ0) is 19.3. The fraction of sp³-hybridized carbons (Fsp3) is 0.250. The quantitative estimate of drug-likeness (QED) is 0.695. The van der Waals surface area contributed by atoms with Crippen molar-refractivity contribution in [3.05, 3.63) is 77.9 Å². The van der Waals surface area contributed by atoms with Crippen molar-refractivity contribution in [1.29, 1.82) is 0 Å². The van der Waals surface area contributed by atoms with E-state index in [1.165, 1.54) is 12.8 Å². The van der Waals surface area contributed by atoms with Gasteiger partial charge in [-0.3, -0.25) is 9.59 Å². The Balaban J connectivity index is 1.61. The van der Waals surface area contributed by atoms with E-state index < -0.39 is 0 Å². The van der Waals surface area contributed by atoms with Crippen LogP contribution in [0.25, 0.3) is 10.8 Å². The van der Waals surface area contributed by atoms with Gasteiger partial charge in [-0.2, -0.15) is 0 Å². The number of likely N-dealkylation sites (tertiary alicyclic amines) is 1. The summed E-state index contributed by atoms with van der Waals surface area (Å²) in [5.41, 5.74) is 1.72. The maximum atomic E-state index is 13.1. The molecule has 0 aliphatic carbocycles. The minimum Gasteiger partial charge on any atom is -0.339 e. The first-order valence-corrected chi connectivity index (χ1v) is 9.91. The molecule has 0 bridgehead atoms. The van der Waals surface area contributed by atoms with E-state index in [0.29, 0.717) is 16.8 Å². The number of rotatable bonds is 3. The Bertz CT molecular complexity index is 999. The lowest BCUT2D eigenvalue weighted by Crippen LogP contribution is -2.32. The molecule has 28 heavy (non-hydrogen) atoms. The van der Waals surface area contributed by atoms with Crippen molar-refractivity contribution in [3.8, 4) is 0 Å². The third-order valence-electron chi connectivity index (χ3n) is 5.33. The molecule has 3 aromatic rings. The van der Waals surface area contributed by atoms with Gasteiger partial charge >= 0.3 is 0 Å². The Morgan fingerprint density at radius 3 is 2.18 bits per heavy atom. The molecule has 2 amide bonds. The second-order valence-corrected chi connectivity index (χ2v) is 7.23. The fourth-order valence-electron chi connectivity index (χ4n) is 3.84. The number of nitrogens with zero attached hydrogens (tertiary/aromatic N) is 1. The Labute approximate surface area is 165 Å². The summed E-state index contributed by atoms with van der Waals surface area (Å²) in [4.78, 5) is 28.0. The molecular weight excluding hydrogens is 348 g/mol. The third kappa shape index (κ3) is 3.77. The van der Waals surface area contributed by atoms with Crippen molar-refractivity contribution >= 4 is 28.3 Å². The van der Waals surface area contributed by atoms with Gasteiger partial charge in [0.15, 0.2) is 0 Å². The lowest BCUT2D eigenvalue weighted by atomic mass is 10.0. The molecule has 0 aromatic heterocycles. The SMILES string of the molecule is O=C(Nc1ccccc1C(=O)N1CCCCCC1)c1cccc2ccccc12. The van der Waals surface area contributed by atoms with E-state index in [1.54, 1.807) is 12.1 Å². The van der Waals surface area contributed by atoms with Crippen molar-refractivity contribution in [1.82, 2.24) is 4.90 Å². The highest BCUT2D eigenvalue weighted by Gasteiger charge is 2.21. The standard InChI is InChI=1S/C24H24N2O2/c27-23(20-14-9-11-18-10-3-4-12-19(18)20)25-22-15-6-5-13-21(22)24(28)26-16-7-1-2-8-17-26/h3-6,9-15H,1-2,7-8,16-17H2,(H,25,27). The smallest absolute Gasteiger partial charge is 0.256 e. The van der Waals surface area contributed by atoms with Gasteiger partial charge in [-0.1, -0.05) is 61.4 Å². The first-order valence-electron chi connectivity index (χ1n) is 9.91. The molecule has 142 valence electrons. The number of hydrogen-bond donors (Lipinski definition) is 1. The number of carbonyl (C=O) groups excluding carboxylic acids is 2. The summed E-state index contributed by atoms with van der Waals surface area (Å²) < 4.78 is 0. The van der Waals surface area contributed by atoms with Crippen molar-refractivity contribution < 1.29 is 9.59 Å². The first-order chi connectivity index (χ1) is 13.7. The van der Waals surface area contributed by atoms with Crippen molar-refractivity contribution in [2.24, 2.45) is 0 Å². The van der Waals surface area contributed by atoms with Crippen LogP contribution in [0.4, 0.5) is 5.69 Å². The van der Waals surface area contributed by atoms with E-state index in [4.69, 9.17) is 0 Å². The highest BCUT2D eigenvalue weighted by Crippen LogP contribution is 2.23. The van der Waals surface area contributed by atoms with Crippen LogP contribution in [-0.2, 0) is 0 Å². The number of carbonyl (C=O) groups is 2. The molecule has 1 saturated heterocycles. The number of fused-ring (bicyclic) bond motifs is 1. The van der Waals surface area contributed by atoms with Gasteiger partial charge in [0.25, 0.3) is 11.8 Å². The van der Waals surface area contributed by atoms with Crippen LogP contribution in [0, 0.1) is 0 Å². The lowest BCUT2D eigenvalue weighted by molar-refractivity contribution is 0.0762. The molecule has 4 heteroatoms. The van der Waals surface area contributed by atoms with Gasteiger partial charge in [-0.15, -0.1) is 0 Å². The van der Waals surface area contributed by atoms with Gasteiger partial charge < -0.3 is 10.2 Å². The maximum absolute atomic E-state index is 13.1. The van der Waals surface area contributed by atoms with E-state index in [2.05, 4.69) is 5.32 Å². The number of para-hydroxylation sites is 1. The Hall–Kier alpha value is -3.14. The highest BCUT2D eigenvalue weighted by molar-refractivity contribution is 6.14. The molecule has 1 fully saturated rings. The number of anilines is 1. The second kappa shape index (κ2) is 8.26. The van der Waals surface area contributed by atoms with Gasteiger partial charge in [0, 0.05) is 18.7 Å². The number of benzene rings is 3. The zero-order valence-corrected chi connectivity index (χ0v) is 15.9. The number of hydrogen-bond acceptors (Lipinski definition) is 2. The van der Waals surface area contributed by atoms with Crippen LogP contribution in [0.5, 0.6) is 0 Å². The molecular formula is C24H24N2O2. The summed E-state index contributed by atoms with van der Waals surface area (Å²) in [5.74, 6) is -0.205. The Morgan fingerprint density at radius 1 is 0.714 bits per heavy atom. The summed E-state index contributed by atoms with van der Waals surface area (Å²) in [7, 11) is 0. The lowest BCUT2D eigenvalue weighted by Gasteiger charge is -2.22. The molecule has 1 aliphatic rings. The molecule has 1 heterocycles. The maximum Gasteiger partial charge on any atom is 0.256 e. The molecule has 0 radical (unpaired) electrons. The van der Waals surface area contributed by atoms with Crippen molar-refractivity contribution in [3.63, 3.8) is 0 Å². The monoisotopic (exact) mass is 372 g/mol. The molecule has 3 aromatic carbocycles. The van der Waals surface area contributed by atoms with E-state index >= 15 is 0 Å². The molecule has 1 aliphatic heterocycles. The summed E-state index contributed by atoms with van der Waals surface area (Å²) in [6, 6.07) is 20.8. The normalized spacial score (nSPS) is 14.5. The molecule has 0 saturated carbocycles. The van der Waals surface area contributed by atoms with E-state index in [9.17, 15) is 9.59 Å². The molecule has 0 spiro atoms. The summed E-state index contributed by atoms with van der Waals surface area (Å²) in [5, 5.41) is 4.89. The van der Waals surface area contributed by atoms with Gasteiger partial charge in [0.2, 0.25) is 0 Å². The van der Waals surface area contributed by atoms with Crippen LogP contribution in [0.1, 0.15) is 46.4 Å². The molecule has 1 N–H and O–H groups in total. The van der Waals surface area contributed by atoms with Crippen molar-refractivity contribution in [2.75, 3.05) is 18.4 Å². The molecule has 0 atom stereocenters. The van der Waals surface area contributed by atoms with Crippen LogP contribution in [0.3, 0.4) is 0 Å². The zero-order valence-electron chi connectivity index (χ0n) is 15.9. The van der Waals surface area contributed by atoms with E-state index in [0.717, 1.165) is 36.7 Å². The van der Waals surface area contributed by atoms with Crippen LogP contribution < -0.4 is 5.32 Å². The average molecular weight is 372 g/mol. The average Bonchev–Trinajstić information content (AvgIpc) is 3.03. The van der Waals surface area contributed by atoms with Gasteiger partial charge in [0.1, 0.15) is 0 Å².